The van der Waals surface area contributed by atoms with Crippen LogP contribution in [0.1, 0.15) is 26.2 Å². The van der Waals surface area contributed by atoms with E-state index in [0.29, 0.717) is 17.8 Å². The highest BCUT2D eigenvalue weighted by molar-refractivity contribution is 5.51. The van der Waals surface area contributed by atoms with E-state index in [1.165, 1.54) is 0 Å². The Morgan fingerprint density at radius 2 is 2.28 bits per heavy atom. The molecule has 0 bridgehead atoms. The number of hydrogen-bond acceptors (Lipinski definition) is 5. The molecule has 0 aromatic carbocycles. The Balaban J connectivity index is 1.87. The Bertz CT molecular complexity index is 467. The monoisotopic (exact) mass is 246 g/mol. The van der Waals surface area contributed by atoms with Crippen molar-refractivity contribution in [2.45, 2.75) is 32.7 Å². The van der Waals surface area contributed by atoms with Gasteiger partial charge in [-0.15, -0.1) is 0 Å². The van der Waals surface area contributed by atoms with Gasteiger partial charge in [0.1, 0.15) is 0 Å². The van der Waals surface area contributed by atoms with E-state index in [2.05, 4.69) is 34.3 Å². The first-order valence-electron chi connectivity index (χ1n) is 6.22. The fourth-order valence-electron chi connectivity index (χ4n) is 1.60. The van der Waals surface area contributed by atoms with Crippen LogP contribution in [0.15, 0.2) is 29.0 Å². The van der Waals surface area contributed by atoms with Crippen LogP contribution in [0.3, 0.4) is 0 Å². The lowest BCUT2D eigenvalue weighted by Gasteiger charge is -2.05. The normalized spacial score (nSPS) is 11.1. The van der Waals surface area contributed by atoms with Crippen molar-refractivity contribution in [2.24, 2.45) is 0 Å². The summed E-state index contributed by atoms with van der Waals surface area (Å²) in [5.41, 5.74) is 0.882. The molecule has 0 saturated carbocycles. The summed E-state index contributed by atoms with van der Waals surface area (Å²) in [6, 6.07) is 4.29. The number of aryl methyl sites for hydroxylation is 1. The van der Waals surface area contributed by atoms with E-state index in [1.54, 1.807) is 12.4 Å². The van der Waals surface area contributed by atoms with Crippen LogP contribution >= 0.6 is 0 Å². The predicted octanol–water partition coefficient (Wildman–Crippen LogP) is 2.06. The molecule has 0 radical (unpaired) electrons. The third-order valence-electron chi connectivity index (χ3n) is 2.51. The highest BCUT2D eigenvalue weighted by Gasteiger charge is 2.07. The minimum Gasteiger partial charge on any atom is -0.339 e. The molecule has 0 aliphatic rings. The van der Waals surface area contributed by atoms with E-state index in [-0.39, 0.29) is 0 Å². The van der Waals surface area contributed by atoms with Gasteiger partial charge >= 0.3 is 0 Å². The number of hydrogen-bond donors (Lipinski definition) is 1. The van der Waals surface area contributed by atoms with Crippen LogP contribution in [-0.4, -0.2) is 27.7 Å². The third kappa shape index (κ3) is 3.63. The van der Waals surface area contributed by atoms with Crippen LogP contribution in [-0.2, 0) is 6.42 Å². The van der Waals surface area contributed by atoms with Crippen molar-refractivity contribution in [1.29, 1.82) is 0 Å². The fraction of sp³-hybridized carbons (Fsp3) is 0.462. The van der Waals surface area contributed by atoms with Crippen LogP contribution in [0.25, 0.3) is 11.4 Å². The summed E-state index contributed by atoms with van der Waals surface area (Å²) in [7, 11) is 0. The molecule has 0 saturated heterocycles. The van der Waals surface area contributed by atoms with Gasteiger partial charge in [-0.25, -0.2) is 0 Å². The lowest BCUT2D eigenvalue weighted by molar-refractivity contribution is 0.374. The quantitative estimate of drug-likeness (QED) is 0.790. The van der Waals surface area contributed by atoms with Crippen molar-refractivity contribution in [3.8, 4) is 11.4 Å². The maximum absolute atomic E-state index is 5.21. The molecular formula is C13H18N4O. The van der Waals surface area contributed by atoms with Gasteiger partial charge in [-0.1, -0.05) is 19.0 Å². The van der Waals surface area contributed by atoms with Crippen molar-refractivity contribution in [2.75, 3.05) is 6.54 Å². The van der Waals surface area contributed by atoms with Crippen molar-refractivity contribution in [1.82, 2.24) is 20.4 Å². The zero-order valence-electron chi connectivity index (χ0n) is 10.8. The molecule has 18 heavy (non-hydrogen) atoms. The SMILES string of the molecule is CC(C)NCCCc1nc(-c2cccnc2)no1. The summed E-state index contributed by atoms with van der Waals surface area (Å²) in [5, 5.41) is 7.31. The minimum absolute atomic E-state index is 0.513. The maximum atomic E-state index is 5.21. The Morgan fingerprint density at radius 3 is 3.00 bits per heavy atom. The first kappa shape index (κ1) is 12.7. The van der Waals surface area contributed by atoms with E-state index >= 15 is 0 Å². The molecule has 5 nitrogen and oxygen atoms in total. The van der Waals surface area contributed by atoms with Crippen LogP contribution in [0, 0.1) is 0 Å². The molecule has 2 heterocycles. The summed E-state index contributed by atoms with van der Waals surface area (Å²) in [6.07, 6.45) is 5.25. The Hall–Kier alpha value is -1.75. The topological polar surface area (TPSA) is 63.8 Å². The van der Waals surface area contributed by atoms with Crippen LogP contribution < -0.4 is 5.32 Å². The highest BCUT2D eigenvalue weighted by atomic mass is 16.5. The number of nitrogens with zero attached hydrogens (tertiary/aromatic N) is 3. The van der Waals surface area contributed by atoms with Crippen molar-refractivity contribution >= 4 is 0 Å². The Morgan fingerprint density at radius 1 is 1.39 bits per heavy atom. The van der Waals surface area contributed by atoms with Crippen molar-refractivity contribution < 1.29 is 4.52 Å². The molecule has 0 spiro atoms. The highest BCUT2D eigenvalue weighted by Crippen LogP contribution is 2.14. The molecular weight excluding hydrogens is 228 g/mol. The van der Waals surface area contributed by atoms with Gasteiger partial charge in [0, 0.05) is 30.4 Å². The summed E-state index contributed by atoms with van der Waals surface area (Å²) >= 11 is 0. The number of aromatic nitrogens is 3. The molecule has 0 aliphatic carbocycles. The van der Waals surface area contributed by atoms with Crippen LogP contribution in [0.5, 0.6) is 0 Å². The van der Waals surface area contributed by atoms with Crippen LogP contribution in [0.2, 0.25) is 0 Å². The lowest BCUT2D eigenvalue weighted by atomic mass is 10.2. The van der Waals surface area contributed by atoms with E-state index in [9.17, 15) is 0 Å². The molecule has 5 heteroatoms. The van der Waals surface area contributed by atoms with E-state index in [0.717, 1.165) is 24.9 Å². The third-order valence-corrected chi connectivity index (χ3v) is 2.51. The second kappa shape index (κ2) is 6.26. The molecule has 2 rings (SSSR count). The van der Waals surface area contributed by atoms with Gasteiger partial charge < -0.3 is 9.84 Å². The number of rotatable bonds is 6. The van der Waals surface area contributed by atoms with Gasteiger partial charge in [0.2, 0.25) is 11.7 Å². The fourth-order valence-corrected chi connectivity index (χ4v) is 1.60. The minimum atomic E-state index is 0.513. The van der Waals surface area contributed by atoms with Gasteiger partial charge in [0.25, 0.3) is 0 Å². The van der Waals surface area contributed by atoms with E-state index in [1.807, 2.05) is 12.1 Å². The maximum Gasteiger partial charge on any atom is 0.227 e. The smallest absolute Gasteiger partial charge is 0.227 e. The zero-order valence-corrected chi connectivity index (χ0v) is 10.8. The van der Waals surface area contributed by atoms with Crippen LogP contribution in [0.4, 0.5) is 0 Å². The molecule has 0 atom stereocenters. The average molecular weight is 246 g/mol. The van der Waals surface area contributed by atoms with Gasteiger partial charge in [-0.05, 0) is 25.1 Å². The molecule has 1 N–H and O–H groups in total. The Kier molecular flexibility index (Phi) is 4.41. The van der Waals surface area contributed by atoms with Crippen molar-refractivity contribution in [3.05, 3.63) is 30.4 Å². The van der Waals surface area contributed by atoms with Crippen molar-refractivity contribution in [3.63, 3.8) is 0 Å². The molecule has 96 valence electrons. The molecule has 2 aromatic heterocycles. The second-order valence-electron chi connectivity index (χ2n) is 4.47. The molecule has 0 amide bonds. The summed E-state index contributed by atoms with van der Waals surface area (Å²) in [5.74, 6) is 1.29. The van der Waals surface area contributed by atoms with E-state index in [4.69, 9.17) is 4.52 Å². The molecule has 0 fully saturated rings. The van der Waals surface area contributed by atoms with Gasteiger partial charge in [-0.2, -0.15) is 4.98 Å². The summed E-state index contributed by atoms with van der Waals surface area (Å²) < 4.78 is 5.21. The first-order valence-corrected chi connectivity index (χ1v) is 6.22. The second-order valence-corrected chi connectivity index (χ2v) is 4.47. The molecule has 0 aliphatic heterocycles. The standard InChI is InChI=1S/C13H18N4O/c1-10(2)15-8-4-6-12-16-13(17-18-12)11-5-3-7-14-9-11/h3,5,7,9-10,15H,4,6,8H2,1-2H3. The summed E-state index contributed by atoms with van der Waals surface area (Å²) in [6.45, 7) is 5.22. The Labute approximate surface area is 107 Å². The molecule has 0 unspecified atom stereocenters. The molecule has 2 aromatic rings. The largest absolute Gasteiger partial charge is 0.339 e. The zero-order chi connectivity index (χ0) is 12.8. The lowest BCUT2D eigenvalue weighted by Crippen LogP contribution is -2.23. The van der Waals surface area contributed by atoms with Gasteiger partial charge in [0.15, 0.2) is 0 Å². The average Bonchev–Trinajstić information content (AvgIpc) is 2.84. The van der Waals surface area contributed by atoms with E-state index < -0.39 is 0 Å². The summed E-state index contributed by atoms with van der Waals surface area (Å²) in [4.78, 5) is 8.39. The predicted molar refractivity (Wildman–Crippen MR) is 69.0 cm³/mol. The van der Waals surface area contributed by atoms with Gasteiger partial charge in [0.05, 0.1) is 0 Å². The number of pyridine rings is 1. The van der Waals surface area contributed by atoms with Gasteiger partial charge in [-0.3, -0.25) is 4.98 Å². The first-order chi connectivity index (χ1) is 8.75. The number of nitrogens with one attached hydrogen (secondary N) is 1.